The van der Waals surface area contributed by atoms with Crippen molar-refractivity contribution in [2.45, 2.75) is 38.8 Å². The zero-order valence-electron chi connectivity index (χ0n) is 14.1. The number of hydrogen-bond acceptors (Lipinski definition) is 3. The molecule has 1 aromatic heterocycles. The summed E-state index contributed by atoms with van der Waals surface area (Å²) in [5.41, 5.74) is 1.40. The van der Waals surface area contributed by atoms with Crippen molar-refractivity contribution in [1.82, 2.24) is 10.2 Å². The fourth-order valence-corrected chi connectivity index (χ4v) is 3.79. The highest BCUT2D eigenvalue weighted by molar-refractivity contribution is 7.12. The Kier molecular flexibility index (Phi) is 5.48. The summed E-state index contributed by atoms with van der Waals surface area (Å²) < 4.78 is 13.3. The van der Waals surface area contributed by atoms with E-state index in [1.807, 2.05) is 11.4 Å². The number of carbonyl (C=O) groups excluding carboxylic acids is 2. The van der Waals surface area contributed by atoms with Crippen molar-refractivity contribution in [1.29, 1.82) is 0 Å². The number of amides is 2. The van der Waals surface area contributed by atoms with Crippen LogP contribution in [-0.2, 0) is 11.3 Å². The minimum absolute atomic E-state index is 0.0764. The van der Waals surface area contributed by atoms with Crippen molar-refractivity contribution in [3.8, 4) is 0 Å². The van der Waals surface area contributed by atoms with Gasteiger partial charge in [0.1, 0.15) is 11.9 Å². The van der Waals surface area contributed by atoms with Crippen LogP contribution >= 0.6 is 11.3 Å². The maximum atomic E-state index is 13.3. The number of hydrogen-bond donors (Lipinski definition) is 1. The molecule has 0 spiro atoms. The molecule has 1 atom stereocenters. The molecule has 1 N–H and O–H groups in total. The van der Waals surface area contributed by atoms with Gasteiger partial charge in [-0.25, -0.2) is 4.39 Å². The maximum Gasteiger partial charge on any atom is 0.264 e. The largest absolute Gasteiger partial charge is 0.350 e. The number of rotatable bonds is 4. The Labute approximate surface area is 150 Å². The molecule has 1 unspecified atom stereocenters. The summed E-state index contributed by atoms with van der Waals surface area (Å²) in [7, 11) is 0. The van der Waals surface area contributed by atoms with E-state index in [1.54, 1.807) is 30.0 Å². The molecule has 3 rings (SSSR count). The summed E-state index contributed by atoms with van der Waals surface area (Å²) in [6.45, 7) is 2.63. The van der Waals surface area contributed by atoms with Gasteiger partial charge in [-0.15, -0.1) is 11.3 Å². The van der Waals surface area contributed by atoms with Crippen molar-refractivity contribution < 1.29 is 14.0 Å². The molecule has 25 heavy (non-hydrogen) atoms. The quantitative estimate of drug-likeness (QED) is 0.907. The van der Waals surface area contributed by atoms with Crippen LogP contribution in [0.2, 0.25) is 0 Å². The molecule has 1 aliphatic rings. The zero-order chi connectivity index (χ0) is 17.8. The van der Waals surface area contributed by atoms with Gasteiger partial charge in [0.25, 0.3) is 5.91 Å². The van der Waals surface area contributed by atoms with Crippen LogP contribution in [-0.4, -0.2) is 29.3 Å². The second-order valence-electron chi connectivity index (χ2n) is 6.29. The molecular weight excluding hydrogens is 339 g/mol. The predicted octanol–water partition coefficient (Wildman–Crippen LogP) is 3.51. The van der Waals surface area contributed by atoms with Crippen molar-refractivity contribution in [3.63, 3.8) is 0 Å². The number of carbonyl (C=O) groups is 2. The molecular formula is C19H21FN2O2S. The number of halogens is 1. The summed E-state index contributed by atoms with van der Waals surface area (Å²) in [6.07, 6.45) is 2.52. The van der Waals surface area contributed by atoms with Crippen LogP contribution in [0.3, 0.4) is 0 Å². The highest BCUT2D eigenvalue weighted by atomic mass is 32.1. The van der Waals surface area contributed by atoms with Crippen molar-refractivity contribution in [2.24, 2.45) is 0 Å². The molecule has 0 bridgehead atoms. The van der Waals surface area contributed by atoms with E-state index in [4.69, 9.17) is 0 Å². The molecule has 1 aromatic carbocycles. The lowest BCUT2D eigenvalue weighted by atomic mass is 10.0. The predicted molar refractivity (Wildman–Crippen MR) is 96.0 cm³/mol. The lowest BCUT2D eigenvalue weighted by Gasteiger charge is -2.34. The van der Waals surface area contributed by atoms with Crippen LogP contribution in [0.4, 0.5) is 4.39 Å². The van der Waals surface area contributed by atoms with Crippen LogP contribution in [0.1, 0.15) is 40.1 Å². The minimum atomic E-state index is -0.440. The second-order valence-corrected chi connectivity index (χ2v) is 7.24. The lowest BCUT2D eigenvalue weighted by molar-refractivity contribution is -0.126. The Hall–Kier alpha value is -2.21. The molecule has 2 aromatic rings. The SMILES string of the molecule is Cc1cc(CNC(=O)C2CCCCN2C(=O)c2cccs2)ccc1F. The van der Waals surface area contributed by atoms with Gasteiger partial charge in [0.15, 0.2) is 0 Å². The highest BCUT2D eigenvalue weighted by Gasteiger charge is 2.32. The monoisotopic (exact) mass is 360 g/mol. The Bertz CT molecular complexity index is 761. The number of thiophene rings is 1. The molecule has 132 valence electrons. The molecule has 1 fully saturated rings. The van der Waals surface area contributed by atoms with E-state index in [9.17, 15) is 14.0 Å². The average molecular weight is 360 g/mol. The number of aryl methyl sites for hydroxylation is 1. The number of likely N-dealkylation sites (tertiary alicyclic amines) is 1. The summed E-state index contributed by atoms with van der Waals surface area (Å²) in [4.78, 5) is 27.6. The normalized spacial score (nSPS) is 17.4. The van der Waals surface area contributed by atoms with E-state index in [2.05, 4.69) is 5.32 Å². The van der Waals surface area contributed by atoms with Crippen LogP contribution in [0.15, 0.2) is 35.7 Å². The van der Waals surface area contributed by atoms with E-state index < -0.39 is 6.04 Å². The van der Waals surface area contributed by atoms with Crippen molar-refractivity contribution >= 4 is 23.2 Å². The molecule has 1 saturated heterocycles. The van der Waals surface area contributed by atoms with E-state index >= 15 is 0 Å². The first-order valence-electron chi connectivity index (χ1n) is 8.43. The summed E-state index contributed by atoms with van der Waals surface area (Å²) in [5.74, 6) is -0.478. The molecule has 6 heteroatoms. The molecule has 0 aliphatic carbocycles. The molecule has 0 saturated carbocycles. The summed E-state index contributed by atoms with van der Waals surface area (Å²) >= 11 is 1.39. The minimum Gasteiger partial charge on any atom is -0.350 e. The van der Waals surface area contributed by atoms with Crippen LogP contribution in [0, 0.1) is 12.7 Å². The highest BCUT2D eigenvalue weighted by Crippen LogP contribution is 2.22. The third-order valence-electron chi connectivity index (χ3n) is 4.49. The lowest BCUT2D eigenvalue weighted by Crippen LogP contribution is -2.51. The van der Waals surface area contributed by atoms with E-state index in [0.29, 0.717) is 30.0 Å². The van der Waals surface area contributed by atoms with Gasteiger partial charge in [0.05, 0.1) is 4.88 Å². The standard InChI is InChI=1S/C19H21FN2O2S/c1-13-11-14(7-8-15(13)20)12-21-18(23)16-5-2-3-9-22(16)19(24)17-6-4-10-25-17/h4,6-8,10-11,16H,2-3,5,9,12H2,1H3,(H,21,23). The maximum absolute atomic E-state index is 13.3. The van der Waals surface area contributed by atoms with Gasteiger partial charge >= 0.3 is 0 Å². The smallest absolute Gasteiger partial charge is 0.264 e. The van der Waals surface area contributed by atoms with Crippen LogP contribution in [0.5, 0.6) is 0 Å². The first-order valence-corrected chi connectivity index (χ1v) is 9.31. The van der Waals surface area contributed by atoms with Gasteiger partial charge in [0, 0.05) is 13.1 Å². The topological polar surface area (TPSA) is 49.4 Å². The fourth-order valence-electron chi connectivity index (χ4n) is 3.11. The Morgan fingerprint density at radius 2 is 2.16 bits per heavy atom. The van der Waals surface area contributed by atoms with Crippen molar-refractivity contribution in [2.75, 3.05) is 6.54 Å². The summed E-state index contributed by atoms with van der Waals surface area (Å²) in [6, 6.07) is 7.99. The van der Waals surface area contributed by atoms with E-state index in [0.717, 1.165) is 18.4 Å². The number of nitrogens with zero attached hydrogens (tertiary/aromatic N) is 1. The third-order valence-corrected chi connectivity index (χ3v) is 5.35. The first kappa shape index (κ1) is 17.6. The van der Waals surface area contributed by atoms with Gasteiger partial charge < -0.3 is 10.2 Å². The summed E-state index contributed by atoms with van der Waals surface area (Å²) in [5, 5.41) is 4.76. The molecule has 1 aliphatic heterocycles. The second kappa shape index (κ2) is 7.78. The molecule has 0 radical (unpaired) electrons. The van der Waals surface area contributed by atoms with Gasteiger partial charge in [-0.2, -0.15) is 0 Å². The molecule has 2 amide bonds. The van der Waals surface area contributed by atoms with Crippen LogP contribution in [0.25, 0.3) is 0 Å². The molecule has 2 heterocycles. The molecule has 4 nitrogen and oxygen atoms in total. The Balaban J connectivity index is 1.66. The number of benzene rings is 1. The van der Waals surface area contributed by atoms with Crippen LogP contribution < -0.4 is 5.32 Å². The van der Waals surface area contributed by atoms with Gasteiger partial charge in [0.2, 0.25) is 5.91 Å². The van der Waals surface area contributed by atoms with Gasteiger partial charge in [-0.05, 0) is 54.8 Å². The third kappa shape index (κ3) is 4.07. The first-order chi connectivity index (χ1) is 12.1. The average Bonchev–Trinajstić information content (AvgIpc) is 3.16. The zero-order valence-corrected chi connectivity index (χ0v) is 14.9. The number of piperidine rings is 1. The van der Waals surface area contributed by atoms with Gasteiger partial charge in [-0.1, -0.05) is 18.2 Å². The number of nitrogens with one attached hydrogen (secondary N) is 1. The van der Waals surface area contributed by atoms with Gasteiger partial charge in [-0.3, -0.25) is 9.59 Å². The Morgan fingerprint density at radius 3 is 2.88 bits per heavy atom. The fraction of sp³-hybridized carbons (Fsp3) is 0.368. The Morgan fingerprint density at radius 1 is 1.32 bits per heavy atom. The van der Waals surface area contributed by atoms with Crippen molar-refractivity contribution in [3.05, 3.63) is 57.5 Å². The van der Waals surface area contributed by atoms with E-state index in [1.165, 1.54) is 17.4 Å². The van der Waals surface area contributed by atoms with E-state index in [-0.39, 0.29) is 17.6 Å².